The average molecular weight is 369 g/mol. The van der Waals surface area contributed by atoms with Gasteiger partial charge in [0.05, 0.1) is 12.4 Å². The molecule has 2 atom stereocenters. The fourth-order valence-electron chi connectivity index (χ4n) is 2.53. The number of rotatable bonds is 7. The highest BCUT2D eigenvalue weighted by molar-refractivity contribution is 7.79. The fraction of sp³-hybridized carbons (Fsp3) is 0.294. The van der Waals surface area contributed by atoms with Gasteiger partial charge in [-0.25, -0.2) is 4.21 Å². The summed E-state index contributed by atoms with van der Waals surface area (Å²) in [5.74, 6) is 2.21. The topological polar surface area (TPSA) is 65.0 Å². The first-order valence-corrected chi connectivity index (χ1v) is 9.12. The van der Waals surface area contributed by atoms with Gasteiger partial charge in [-0.2, -0.15) is 0 Å². The van der Waals surface area contributed by atoms with Crippen LogP contribution in [-0.2, 0) is 11.1 Å². The minimum atomic E-state index is -1.83. The first-order valence-electron chi connectivity index (χ1n) is 7.47. The summed E-state index contributed by atoms with van der Waals surface area (Å²) in [6.45, 7) is 1.20. The number of halogens is 1. The van der Waals surface area contributed by atoms with E-state index < -0.39 is 11.1 Å². The Labute approximate surface area is 147 Å². The van der Waals surface area contributed by atoms with Gasteiger partial charge in [-0.1, -0.05) is 23.7 Å². The third-order valence-electron chi connectivity index (χ3n) is 3.63. The lowest BCUT2D eigenvalue weighted by Gasteiger charge is -2.10. The first kappa shape index (κ1) is 17.1. The number of hydrogen-bond donors (Lipinski definition) is 1. The van der Waals surface area contributed by atoms with Crippen molar-refractivity contribution in [3.8, 4) is 17.2 Å². The average Bonchev–Trinajstić information content (AvgIpc) is 2.93. The third-order valence-corrected chi connectivity index (χ3v) is 4.55. The molecule has 1 heterocycles. The Morgan fingerprint density at radius 1 is 1.17 bits per heavy atom. The van der Waals surface area contributed by atoms with Crippen LogP contribution in [0.5, 0.6) is 17.2 Å². The van der Waals surface area contributed by atoms with E-state index >= 15 is 0 Å². The van der Waals surface area contributed by atoms with Crippen molar-refractivity contribution in [2.45, 2.75) is 5.92 Å². The second-order valence-electron chi connectivity index (χ2n) is 5.35. The lowest BCUT2D eigenvalue weighted by atomic mass is 10.0. The quantitative estimate of drug-likeness (QED) is 0.598. The summed E-state index contributed by atoms with van der Waals surface area (Å²) in [5.41, 5.74) is 0.944. The molecule has 1 aliphatic rings. The molecule has 0 aliphatic carbocycles. The van der Waals surface area contributed by atoms with Gasteiger partial charge in [0, 0.05) is 22.6 Å². The van der Waals surface area contributed by atoms with Gasteiger partial charge in [-0.05, 0) is 24.3 Å². The Bertz CT molecular complexity index is 737. The zero-order chi connectivity index (χ0) is 16.9. The monoisotopic (exact) mass is 368 g/mol. The van der Waals surface area contributed by atoms with Crippen molar-refractivity contribution in [2.24, 2.45) is 0 Å². The molecular weight excluding hydrogens is 352 g/mol. The van der Waals surface area contributed by atoms with Gasteiger partial charge in [-0.3, -0.25) is 0 Å². The third kappa shape index (κ3) is 4.41. The van der Waals surface area contributed by atoms with E-state index in [0.717, 1.165) is 5.56 Å². The highest BCUT2D eigenvalue weighted by Gasteiger charge is 2.26. The van der Waals surface area contributed by atoms with Crippen LogP contribution in [0.4, 0.5) is 0 Å². The normalized spacial score (nSPS) is 17.0. The van der Waals surface area contributed by atoms with Crippen LogP contribution < -0.4 is 14.2 Å². The lowest BCUT2D eigenvalue weighted by molar-refractivity contribution is 0.216. The van der Waals surface area contributed by atoms with E-state index in [-0.39, 0.29) is 11.7 Å². The molecule has 128 valence electrons. The molecule has 2 unspecified atom stereocenters. The summed E-state index contributed by atoms with van der Waals surface area (Å²) >= 11 is 4.06. The number of benzene rings is 2. The number of fused-ring (bicyclic) bond motifs is 1. The van der Waals surface area contributed by atoms with Gasteiger partial charge in [0.15, 0.2) is 11.1 Å². The maximum atomic E-state index is 11.0. The molecule has 2 aromatic rings. The van der Waals surface area contributed by atoms with Crippen molar-refractivity contribution in [3.05, 3.63) is 53.1 Å². The molecule has 1 N–H and O–H groups in total. The molecule has 1 aliphatic heterocycles. The molecule has 3 rings (SSSR count). The van der Waals surface area contributed by atoms with Gasteiger partial charge in [0.2, 0.25) is 0 Å². The van der Waals surface area contributed by atoms with Gasteiger partial charge in [0.25, 0.3) is 0 Å². The predicted octanol–water partition coefficient (Wildman–Crippen LogP) is 3.50. The molecule has 2 aromatic carbocycles. The van der Waals surface area contributed by atoms with Crippen LogP contribution in [0.1, 0.15) is 11.5 Å². The highest BCUT2D eigenvalue weighted by atomic mass is 35.5. The second-order valence-corrected chi connectivity index (χ2v) is 6.76. The van der Waals surface area contributed by atoms with E-state index in [2.05, 4.69) is 0 Å². The van der Waals surface area contributed by atoms with E-state index in [1.54, 1.807) is 18.2 Å². The van der Waals surface area contributed by atoms with Gasteiger partial charge < -0.3 is 18.8 Å². The zero-order valence-corrected chi connectivity index (χ0v) is 14.4. The SMILES string of the molecule is O=S(O)CC1COc2cc(OCCOc3cccc(Cl)c3)ccc21. The molecule has 0 aromatic heterocycles. The van der Waals surface area contributed by atoms with Crippen LogP contribution >= 0.6 is 11.6 Å². The molecule has 0 fully saturated rings. The summed E-state index contributed by atoms with van der Waals surface area (Å²) < 4.78 is 36.8. The van der Waals surface area contributed by atoms with Crippen LogP contribution in [0.15, 0.2) is 42.5 Å². The zero-order valence-electron chi connectivity index (χ0n) is 12.8. The number of hydrogen-bond acceptors (Lipinski definition) is 4. The van der Waals surface area contributed by atoms with Crippen molar-refractivity contribution >= 4 is 22.7 Å². The van der Waals surface area contributed by atoms with Crippen LogP contribution in [0, 0.1) is 0 Å². The van der Waals surface area contributed by atoms with Crippen molar-refractivity contribution < 1.29 is 23.0 Å². The maximum Gasteiger partial charge on any atom is 0.153 e. The molecule has 0 bridgehead atoms. The summed E-state index contributed by atoms with van der Waals surface area (Å²) in [4.78, 5) is 0. The molecule has 0 saturated carbocycles. The molecule has 0 amide bonds. The molecule has 5 nitrogen and oxygen atoms in total. The molecular formula is C17H17ClO5S. The van der Waals surface area contributed by atoms with E-state index in [9.17, 15) is 4.21 Å². The number of ether oxygens (including phenoxy) is 3. The summed E-state index contributed by atoms with van der Waals surface area (Å²) in [5, 5.41) is 0.627. The van der Waals surface area contributed by atoms with Crippen LogP contribution in [-0.4, -0.2) is 34.3 Å². The fourth-order valence-corrected chi connectivity index (χ4v) is 3.33. The highest BCUT2D eigenvalue weighted by Crippen LogP contribution is 2.36. The predicted molar refractivity (Wildman–Crippen MR) is 92.8 cm³/mol. The van der Waals surface area contributed by atoms with Crippen LogP contribution in [0.3, 0.4) is 0 Å². The largest absolute Gasteiger partial charge is 0.492 e. The Morgan fingerprint density at radius 2 is 1.92 bits per heavy atom. The molecule has 24 heavy (non-hydrogen) atoms. The summed E-state index contributed by atoms with van der Waals surface area (Å²) in [6.07, 6.45) is 0. The summed E-state index contributed by atoms with van der Waals surface area (Å²) in [6, 6.07) is 12.7. The summed E-state index contributed by atoms with van der Waals surface area (Å²) in [7, 11) is 0. The standard InChI is InChI=1S/C17H17ClO5S/c18-13-2-1-3-14(8-13)21-6-7-22-15-4-5-16-12(11-24(19)20)10-23-17(16)9-15/h1-5,8-9,12H,6-7,10-11H2,(H,19,20). The minimum absolute atomic E-state index is 0.0500. The second kappa shape index (κ2) is 7.88. The first-order chi connectivity index (χ1) is 11.6. The maximum absolute atomic E-state index is 11.0. The van der Waals surface area contributed by atoms with Crippen molar-refractivity contribution in [3.63, 3.8) is 0 Å². The van der Waals surface area contributed by atoms with Crippen molar-refractivity contribution in [1.82, 2.24) is 0 Å². The van der Waals surface area contributed by atoms with Crippen molar-refractivity contribution in [1.29, 1.82) is 0 Å². The molecule has 7 heteroatoms. The van der Waals surface area contributed by atoms with Gasteiger partial charge in [0.1, 0.15) is 30.5 Å². The Hall–Kier alpha value is -1.76. The van der Waals surface area contributed by atoms with E-state index in [0.29, 0.717) is 42.1 Å². The van der Waals surface area contributed by atoms with Crippen molar-refractivity contribution in [2.75, 3.05) is 25.6 Å². The van der Waals surface area contributed by atoms with Gasteiger partial charge >= 0.3 is 0 Å². The smallest absolute Gasteiger partial charge is 0.153 e. The molecule has 0 radical (unpaired) electrons. The molecule has 0 spiro atoms. The Morgan fingerprint density at radius 3 is 2.62 bits per heavy atom. The van der Waals surface area contributed by atoms with E-state index in [1.807, 2.05) is 24.3 Å². The minimum Gasteiger partial charge on any atom is -0.492 e. The van der Waals surface area contributed by atoms with Crippen LogP contribution in [0.2, 0.25) is 5.02 Å². The van der Waals surface area contributed by atoms with E-state index in [4.69, 9.17) is 30.4 Å². The molecule has 0 saturated heterocycles. The Kier molecular flexibility index (Phi) is 5.60. The lowest BCUT2D eigenvalue weighted by Crippen LogP contribution is -2.10. The van der Waals surface area contributed by atoms with E-state index in [1.165, 1.54) is 0 Å². The Balaban J connectivity index is 1.51. The van der Waals surface area contributed by atoms with Crippen LogP contribution in [0.25, 0.3) is 0 Å². The van der Waals surface area contributed by atoms with Gasteiger partial charge in [-0.15, -0.1) is 0 Å².